The Morgan fingerprint density at radius 2 is 1.14 bits per heavy atom. The van der Waals surface area contributed by atoms with E-state index in [1.54, 1.807) is 13.8 Å². The van der Waals surface area contributed by atoms with Gasteiger partial charge in [0.1, 0.15) is 0 Å². The highest BCUT2D eigenvalue weighted by atomic mass is 16.7. The van der Waals surface area contributed by atoms with Gasteiger partial charge in [-0.3, -0.25) is 29.8 Å². The Balaban J connectivity index is 2.15. The second-order valence-corrected chi connectivity index (χ2v) is 4.69. The van der Waals surface area contributed by atoms with E-state index in [0.717, 1.165) is 0 Å². The molecule has 0 unspecified atom stereocenters. The molecule has 0 atom stereocenters. The van der Waals surface area contributed by atoms with E-state index in [1.807, 2.05) is 0 Å². The Bertz CT molecular complexity index is 577. The van der Waals surface area contributed by atoms with Crippen molar-refractivity contribution in [3.05, 3.63) is 22.7 Å². The average molecular weight is 308 g/mol. The molecule has 8 nitrogen and oxygen atoms in total. The Kier molecular flexibility index (Phi) is 4.30. The van der Waals surface area contributed by atoms with Gasteiger partial charge in [-0.2, -0.15) is 0 Å². The SMILES string of the molecule is CCC1=C(OC(C)OC2=C(CC)C(=O)NC2=O)C(=O)NC1=O. The number of nitrogens with one attached hydrogen (secondary N) is 2. The fourth-order valence-corrected chi connectivity index (χ4v) is 2.20. The molecule has 0 aromatic rings. The first-order chi connectivity index (χ1) is 10.4. The summed E-state index contributed by atoms with van der Waals surface area (Å²) in [6, 6.07) is 0. The smallest absolute Gasteiger partial charge is 0.293 e. The van der Waals surface area contributed by atoms with Crippen molar-refractivity contribution in [1.82, 2.24) is 10.6 Å². The summed E-state index contributed by atoms with van der Waals surface area (Å²) in [6.45, 7) is 4.89. The zero-order valence-electron chi connectivity index (χ0n) is 12.4. The normalized spacial score (nSPS) is 18.4. The maximum absolute atomic E-state index is 11.6. The number of carbonyl (C=O) groups is 4. The minimum Gasteiger partial charge on any atom is -0.449 e. The molecule has 2 aliphatic heterocycles. The van der Waals surface area contributed by atoms with Crippen LogP contribution < -0.4 is 10.6 Å². The second kappa shape index (κ2) is 6.00. The van der Waals surface area contributed by atoms with Crippen LogP contribution >= 0.6 is 0 Å². The van der Waals surface area contributed by atoms with Crippen LogP contribution in [0.1, 0.15) is 33.6 Å². The third-order valence-corrected chi connectivity index (χ3v) is 3.24. The Labute approximate surface area is 126 Å². The molecule has 0 radical (unpaired) electrons. The molecule has 4 amide bonds. The lowest BCUT2D eigenvalue weighted by Crippen LogP contribution is -2.26. The van der Waals surface area contributed by atoms with Crippen LogP contribution in [0.4, 0.5) is 0 Å². The van der Waals surface area contributed by atoms with Crippen LogP contribution in [0.2, 0.25) is 0 Å². The number of hydrogen-bond acceptors (Lipinski definition) is 6. The summed E-state index contributed by atoms with van der Waals surface area (Å²) in [7, 11) is 0. The van der Waals surface area contributed by atoms with E-state index in [2.05, 4.69) is 10.6 Å². The van der Waals surface area contributed by atoms with Crippen LogP contribution in [0.3, 0.4) is 0 Å². The Morgan fingerprint density at radius 1 is 0.773 bits per heavy atom. The molecule has 8 heteroatoms. The molecule has 0 spiro atoms. The molecule has 22 heavy (non-hydrogen) atoms. The minimum atomic E-state index is -1.01. The number of rotatable bonds is 6. The molecule has 2 rings (SSSR count). The number of ether oxygens (including phenoxy) is 2. The highest BCUT2D eigenvalue weighted by molar-refractivity contribution is 6.19. The molecule has 0 aromatic carbocycles. The lowest BCUT2D eigenvalue weighted by Gasteiger charge is -2.17. The third-order valence-electron chi connectivity index (χ3n) is 3.24. The fraction of sp³-hybridized carbons (Fsp3) is 0.429. The van der Waals surface area contributed by atoms with Gasteiger partial charge in [0.25, 0.3) is 23.6 Å². The lowest BCUT2D eigenvalue weighted by atomic mass is 10.2. The van der Waals surface area contributed by atoms with E-state index in [4.69, 9.17) is 9.47 Å². The van der Waals surface area contributed by atoms with E-state index < -0.39 is 29.9 Å². The first-order valence-corrected chi connectivity index (χ1v) is 6.89. The summed E-state index contributed by atoms with van der Waals surface area (Å²) in [6.07, 6.45) is -0.371. The van der Waals surface area contributed by atoms with E-state index in [9.17, 15) is 19.2 Å². The number of hydrogen-bond donors (Lipinski definition) is 2. The van der Waals surface area contributed by atoms with Crippen LogP contribution in [0.25, 0.3) is 0 Å². The lowest BCUT2D eigenvalue weighted by molar-refractivity contribution is -0.134. The number of carbonyl (C=O) groups excluding carboxylic acids is 4. The van der Waals surface area contributed by atoms with Gasteiger partial charge in [-0.05, 0) is 12.8 Å². The minimum absolute atomic E-state index is 0.122. The van der Waals surface area contributed by atoms with Gasteiger partial charge in [0.15, 0.2) is 11.5 Å². The molecular formula is C14H16N2O6. The summed E-state index contributed by atoms with van der Waals surface area (Å²) in [5.74, 6) is -2.54. The maximum atomic E-state index is 11.6. The van der Waals surface area contributed by atoms with Crippen molar-refractivity contribution in [3.63, 3.8) is 0 Å². The summed E-state index contributed by atoms with van der Waals surface area (Å²) in [5, 5.41) is 4.25. The molecule has 0 fully saturated rings. The van der Waals surface area contributed by atoms with Gasteiger partial charge in [0.05, 0.1) is 11.1 Å². The summed E-state index contributed by atoms with van der Waals surface area (Å²) >= 11 is 0. The van der Waals surface area contributed by atoms with E-state index in [1.165, 1.54) is 6.92 Å². The maximum Gasteiger partial charge on any atom is 0.293 e. The number of amides is 4. The van der Waals surface area contributed by atoms with Crippen molar-refractivity contribution in [2.45, 2.75) is 39.9 Å². The van der Waals surface area contributed by atoms with E-state index in [-0.39, 0.29) is 22.7 Å². The van der Waals surface area contributed by atoms with Crippen molar-refractivity contribution in [1.29, 1.82) is 0 Å². The van der Waals surface area contributed by atoms with Crippen LogP contribution in [-0.4, -0.2) is 29.9 Å². The molecule has 2 aliphatic rings. The van der Waals surface area contributed by atoms with Crippen LogP contribution in [0, 0.1) is 0 Å². The van der Waals surface area contributed by atoms with Crippen molar-refractivity contribution < 1.29 is 28.7 Å². The Morgan fingerprint density at radius 3 is 1.45 bits per heavy atom. The average Bonchev–Trinajstić information content (AvgIpc) is 2.86. The van der Waals surface area contributed by atoms with Crippen LogP contribution in [0.5, 0.6) is 0 Å². The zero-order chi connectivity index (χ0) is 16.4. The molecule has 0 saturated heterocycles. The first-order valence-electron chi connectivity index (χ1n) is 6.89. The van der Waals surface area contributed by atoms with Gasteiger partial charge in [0, 0.05) is 6.92 Å². The predicted molar refractivity (Wildman–Crippen MR) is 72.6 cm³/mol. The second-order valence-electron chi connectivity index (χ2n) is 4.69. The molecule has 118 valence electrons. The van der Waals surface area contributed by atoms with Gasteiger partial charge >= 0.3 is 0 Å². The van der Waals surface area contributed by atoms with Crippen molar-refractivity contribution in [2.24, 2.45) is 0 Å². The van der Waals surface area contributed by atoms with Gasteiger partial charge in [-0.1, -0.05) is 13.8 Å². The molecule has 0 aliphatic carbocycles. The largest absolute Gasteiger partial charge is 0.449 e. The standard InChI is InChI=1S/C14H16N2O6/c1-4-7-9(13(19)15-11(7)17)21-6(3)22-10-8(5-2)12(18)16-14(10)20/h6H,4-5H2,1-3H3,(H,15,17,19)(H,16,18,20). The van der Waals surface area contributed by atoms with Crippen LogP contribution in [0.15, 0.2) is 22.7 Å². The number of imide groups is 2. The molecule has 0 saturated carbocycles. The fourth-order valence-electron chi connectivity index (χ4n) is 2.20. The Hall–Kier alpha value is -2.64. The van der Waals surface area contributed by atoms with Crippen molar-refractivity contribution in [2.75, 3.05) is 0 Å². The highest BCUT2D eigenvalue weighted by Crippen LogP contribution is 2.23. The first kappa shape index (κ1) is 15.7. The molecule has 0 aromatic heterocycles. The zero-order valence-corrected chi connectivity index (χ0v) is 12.4. The summed E-state index contributed by atoms with van der Waals surface area (Å²) in [4.78, 5) is 46.3. The monoisotopic (exact) mass is 308 g/mol. The van der Waals surface area contributed by atoms with Crippen molar-refractivity contribution in [3.8, 4) is 0 Å². The molecule has 2 N–H and O–H groups in total. The molecule has 2 heterocycles. The third kappa shape index (κ3) is 2.72. The van der Waals surface area contributed by atoms with Crippen molar-refractivity contribution >= 4 is 23.6 Å². The predicted octanol–water partition coefficient (Wildman–Crippen LogP) is 0.00660. The molecular weight excluding hydrogens is 292 g/mol. The quantitative estimate of drug-likeness (QED) is 0.528. The van der Waals surface area contributed by atoms with E-state index in [0.29, 0.717) is 12.8 Å². The van der Waals surface area contributed by atoms with E-state index >= 15 is 0 Å². The van der Waals surface area contributed by atoms with Gasteiger partial charge < -0.3 is 9.47 Å². The van der Waals surface area contributed by atoms with Gasteiger partial charge in [-0.15, -0.1) is 0 Å². The van der Waals surface area contributed by atoms with Gasteiger partial charge in [-0.25, -0.2) is 0 Å². The van der Waals surface area contributed by atoms with Crippen LogP contribution in [-0.2, 0) is 28.7 Å². The summed E-state index contributed by atoms with van der Waals surface area (Å²) < 4.78 is 10.7. The van der Waals surface area contributed by atoms with Gasteiger partial charge in [0.2, 0.25) is 6.29 Å². The topological polar surface area (TPSA) is 111 Å². The molecule has 0 bridgehead atoms. The highest BCUT2D eigenvalue weighted by Gasteiger charge is 2.35. The summed E-state index contributed by atoms with van der Waals surface area (Å²) in [5.41, 5.74) is 0.439.